The fourth-order valence-electron chi connectivity index (χ4n) is 4.10. The Morgan fingerprint density at radius 2 is 1.80 bits per heavy atom. The number of pyridine rings is 1. The molecule has 1 aromatic heterocycles. The van der Waals surface area contributed by atoms with Gasteiger partial charge in [-0.3, -0.25) is 14.6 Å². The summed E-state index contributed by atoms with van der Waals surface area (Å²) in [7, 11) is 0. The fourth-order valence-corrected chi connectivity index (χ4v) is 4.10. The van der Waals surface area contributed by atoms with Crippen LogP contribution in [0.2, 0.25) is 0 Å². The lowest BCUT2D eigenvalue weighted by Gasteiger charge is -2.25. The summed E-state index contributed by atoms with van der Waals surface area (Å²) in [4.78, 5) is 42.3. The molecule has 1 atom stereocenters. The highest BCUT2D eigenvalue weighted by molar-refractivity contribution is 6.00. The van der Waals surface area contributed by atoms with Crippen LogP contribution in [0, 0.1) is 11.3 Å². The maximum absolute atomic E-state index is 13.0. The third kappa shape index (κ3) is 4.47. The standard InChI is InChI=1S/C18H21N3O2.C2HF3O2/c22-16(14-4-1-2-5-14)20-10-7-18(13-20)8-11-21(17(18)23)15-6-3-9-19-12-15;3-2(4,5)1(6)7/h1-3,6,9,12,14H,4-5,7-8,10-11,13H2;(H,6,7). The Morgan fingerprint density at radius 1 is 1.17 bits per heavy atom. The molecule has 1 aromatic rings. The van der Waals surface area contributed by atoms with E-state index in [1.807, 2.05) is 21.9 Å². The minimum atomic E-state index is -5.08. The van der Waals surface area contributed by atoms with Crippen molar-refractivity contribution in [3.05, 3.63) is 36.7 Å². The second kappa shape index (κ2) is 8.45. The maximum Gasteiger partial charge on any atom is 0.490 e. The largest absolute Gasteiger partial charge is 0.490 e. The second-order valence-corrected chi connectivity index (χ2v) is 7.65. The van der Waals surface area contributed by atoms with E-state index in [-0.39, 0.29) is 23.1 Å². The van der Waals surface area contributed by atoms with Gasteiger partial charge in [0.1, 0.15) is 0 Å². The van der Waals surface area contributed by atoms with Crippen molar-refractivity contribution in [1.29, 1.82) is 0 Å². The lowest BCUT2D eigenvalue weighted by atomic mass is 9.85. The number of amides is 2. The van der Waals surface area contributed by atoms with Crippen LogP contribution in [-0.2, 0) is 14.4 Å². The fraction of sp³-hybridized carbons (Fsp3) is 0.500. The number of rotatable bonds is 2. The molecule has 0 saturated carbocycles. The van der Waals surface area contributed by atoms with Gasteiger partial charge in [-0.25, -0.2) is 4.79 Å². The molecule has 2 fully saturated rings. The molecule has 0 bridgehead atoms. The van der Waals surface area contributed by atoms with Gasteiger partial charge in [-0.2, -0.15) is 13.2 Å². The highest BCUT2D eigenvalue weighted by Crippen LogP contribution is 2.42. The molecule has 7 nitrogen and oxygen atoms in total. The molecule has 2 aliphatic heterocycles. The molecule has 1 aliphatic carbocycles. The smallest absolute Gasteiger partial charge is 0.475 e. The summed E-state index contributed by atoms with van der Waals surface area (Å²) in [5.41, 5.74) is 0.483. The number of carbonyl (C=O) groups excluding carboxylic acids is 2. The van der Waals surface area contributed by atoms with Crippen LogP contribution in [0.4, 0.5) is 18.9 Å². The monoisotopic (exact) mass is 425 g/mol. The third-order valence-electron chi connectivity index (χ3n) is 5.74. The maximum atomic E-state index is 13.0. The predicted octanol–water partition coefficient (Wildman–Crippen LogP) is 2.64. The SMILES string of the molecule is O=C(C1CC=CC1)N1CCC2(CCN(c3cccnc3)C2=O)C1.O=C(O)C(F)(F)F. The average Bonchev–Trinajstić information content (AvgIpc) is 3.45. The van der Waals surface area contributed by atoms with Crippen LogP contribution in [-0.4, -0.2) is 58.6 Å². The number of aromatic nitrogens is 1. The second-order valence-electron chi connectivity index (χ2n) is 7.65. The van der Waals surface area contributed by atoms with E-state index in [4.69, 9.17) is 9.90 Å². The van der Waals surface area contributed by atoms with Gasteiger partial charge in [-0.05, 0) is 37.8 Å². The van der Waals surface area contributed by atoms with Gasteiger partial charge in [0.25, 0.3) is 0 Å². The molecule has 30 heavy (non-hydrogen) atoms. The number of alkyl halides is 3. The Morgan fingerprint density at radius 3 is 2.37 bits per heavy atom. The van der Waals surface area contributed by atoms with Crippen molar-refractivity contribution >= 4 is 23.5 Å². The Kier molecular flexibility index (Phi) is 6.14. The third-order valence-corrected chi connectivity index (χ3v) is 5.74. The van der Waals surface area contributed by atoms with E-state index < -0.39 is 12.1 Å². The lowest BCUT2D eigenvalue weighted by molar-refractivity contribution is -0.192. The summed E-state index contributed by atoms with van der Waals surface area (Å²) in [5, 5.41) is 7.12. The number of aliphatic carboxylic acids is 1. The van der Waals surface area contributed by atoms with Crippen LogP contribution >= 0.6 is 0 Å². The molecule has 0 aromatic carbocycles. The van der Waals surface area contributed by atoms with Crippen molar-refractivity contribution < 1.29 is 32.7 Å². The minimum Gasteiger partial charge on any atom is -0.475 e. The normalized spacial score (nSPS) is 23.8. The lowest BCUT2D eigenvalue weighted by Crippen LogP contribution is -2.39. The minimum absolute atomic E-state index is 0.0936. The number of allylic oxidation sites excluding steroid dienone is 2. The van der Waals surface area contributed by atoms with Crippen LogP contribution in [0.15, 0.2) is 36.7 Å². The van der Waals surface area contributed by atoms with E-state index in [0.717, 1.165) is 37.9 Å². The van der Waals surface area contributed by atoms with Gasteiger partial charge >= 0.3 is 12.1 Å². The Hall–Kier alpha value is -2.91. The van der Waals surface area contributed by atoms with E-state index in [9.17, 15) is 22.8 Å². The molecule has 162 valence electrons. The number of hydrogen-bond donors (Lipinski definition) is 1. The van der Waals surface area contributed by atoms with Gasteiger partial charge in [0.05, 0.1) is 17.3 Å². The molecule has 0 radical (unpaired) electrons. The van der Waals surface area contributed by atoms with Gasteiger partial charge in [0.15, 0.2) is 0 Å². The molecule has 10 heteroatoms. The summed E-state index contributed by atoms with van der Waals surface area (Å²) in [6.07, 6.45) is 5.83. The molecule has 2 amide bonds. The summed E-state index contributed by atoms with van der Waals surface area (Å²) in [6.45, 7) is 2.01. The molecular weight excluding hydrogens is 403 g/mol. The van der Waals surface area contributed by atoms with Crippen molar-refractivity contribution in [2.45, 2.75) is 31.9 Å². The van der Waals surface area contributed by atoms with Crippen LogP contribution < -0.4 is 4.90 Å². The Bertz CT molecular complexity index is 835. The van der Waals surface area contributed by atoms with Crippen LogP contribution in [0.25, 0.3) is 0 Å². The summed E-state index contributed by atoms with van der Waals surface area (Å²) in [6, 6.07) is 3.77. The summed E-state index contributed by atoms with van der Waals surface area (Å²) >= 11 is 0. The van der Waals surface area contributed by atoms with E-state index >= 15 is 0 Å². The molecule has 4 rings (SSSR count). The number of carboxylic acid groups (broad SMARTS) is 1. The van der Waals surface area contributed by atoms with Crippen LogP contribution in [0.5, 0.6) is 0 Å². The number of anilines is 1. The predicted molar refractivity (Wildman–Crippen MR) is 100 cm³/mol. The zero-order valence-corrected chi connectivity index (χ0v) is 16.1. The van der Waals surface area contributed by atoms with Gasteiger partial charge < -0.3 is 14.9 Å². The zero-order valence-electron chi connectivity index (χ0n) is 16.1. The van der Waals surface area contributed by atoms with E-state index in [0.29, 0.717) is 13.1 Å². The van der Waals surface area contributed by atoms with Gasteiger partial charge in [0.2, 0.25) is 11.8 Å². The number of nitrogens with zero attached hydrogens (tertiary/aromatic N) is 3. The number of carboxylic acids is 1. The molecule has 1 unspecified atom stereocenters. The zero-order chi connectivity index (χ0) is 21.9. The highest BCUT2D eigenvalue weighted by Gasteiger charge is 2.52. The first kappa shape index (κ1) is 21.8. The van der Waals surface area contributed by atoms with Gasteiger partial charge in [-0.1, -0.05) is 12.2 Å². The number of carbonyl (C=O) groups is 3. The van der Waals surface area contributed by atoms with Crippen molar-refractivity contribution in [1.82, 2.24) is 9.88 Å². The number of likely N-dealkylation sites (tertiary alicyclic amines) is 1. The van der Waals surface area contributed by atoms with E-state index in [2.05, 4.69) is 17.1 Å². The molecule has 1 spiro atoms. The van der Waals surface area contributed by atoms with Crippen molar-refractivity contribution in [2.75, 3.05) is 24.5 Å². The molecular formula is C20H22F3N3O4. The molecule has 2 saturated heterocycles. The van der Waals surface area contributed by atoms with Crippen LogP contribution in [0.1, 0.15) is 25.7 Å². The molecule has 3 aliphatic rings. The van der Waals surface area contributed by atoms with Crippen LogP contribution in [0.3, 0.4) is 0 Å². The average molecular weight is 425 g/mol. The first-order chi connectivity index (χ1) is 14.1. The highest BCUT2D eigenvalue weighted by atomic mass is 19.4. The van der Waals surface area contributed by atoms with E-state index in [1.165, 1.54) is 0 Å². The van der Waals surface area contributed by atoms with Gasteiger partial charge in [-0.15, -0.1) is 0 Å². The summed E-state index contributed by atoms with van der Waals surface area (Å²) in [5.74, 6) is -2.28. The van der Waals surface area contributed by atoms with E-state index in [1.54, 1.807) is 12.4 Å². The Balaban J connectivity index is 0.000000318. The number of halogens is 3. The topological polar surface area (TPSA) is 90.8 Å². The number of hydrogen-bond acceptors (Lipinski definition) is 4. The first-order valence-electron chi connectivity index (χ1n) is 9.60. The van der Waals surface area contributed by atoms with Crippen molar-refractivity contribution in [3.63, 3.8) is 0 Å². The van der Waals surface area contributed by atoms with Crippen molar-refractivity contribution in [2.24, 2.45) is 11.3 Å². The summed E-state index contributed by atoms with van der Waals surface area (Å²) < 4.78 is 31.7. The first-order valence-corrected chi connectivity index (χ1v) is 9.60. The molecule has 1 N–H and O–H groups in total. The Labute approximate surface area is 171 Å². The van der Waals surface area contributed by atoms with Gasteiger partial charge in [0, 0.05) is 31.7 Å². The molecule has 3 heterocycles. The quantitative estimate of drug-likeness (QED) is 0.736. The van der Waals surface area contributed by atoms with Crippen molar-refractivity contribution in [3.8, 4) is 0 Å².